The van der Waals surface area contributed by atoms with Crippen LogP contribution in [-0.2, 0) is 0 Å². The summed E-state index contributed by atoms with van der Waals surface area (Å²) in [6.45, 7) is 0. The molecule has 63 heavy (non-hydrogen) atoms. The summed E-state index contributed by atoms with van der Waals surface area (Å²) in [5, 5.41) is 7.39. The van der Waals surface area contributed by atoms with Gasteiger partial charge in [0.2, 0.25) is 0 Å². The third-order valence-electron chi connectivity index (χ3n) is 13.0. The fourth-order valence-electron chi connectivity index (χ4n) is 10.0. The molecule has 296 valence electrons. The maximum absolute atomic E-state index is 6.94. The SMILES string of the molecule is c1ccc(-c2ccc3c(-c4ccc5ccccc5c4)c4cc(-c5ccccc5)ccc4c(-c4cccc(-c5ccc6c(c5)OC(c5ccccc5)C6c5ccccc5)c4)c3c2)cc1. The molecule has 1 aliphatic rings. The van der Waals surface area contributed by atoms with Crippen molar-refractivity contribution in [2.75, 3.05) is 0 Å². The third-order valence-corrected chi connectivity index (χ3v) is 13.0. The third kappa shape index (κ3) is 6.58. The van der Waals surface area contributed by atoms with Crippen molar-refractivity contribution in [2.45, 2.75) is 12.0 Å². The molecule has 2 unspecified atom stereocenters. The van der Waals surface area contributed by atoms with Crippen molar-refractivity contribution in [1.29, 1.82) is 0 Å². The van der Waals surface area contributed by atoms with Crippen LogP contribution in [0.1, 0.15) is 28.7 Å². The maximum Gasteiger partial charge on any atom is 0.135 e. The first-order chi connectivity index (χ1) is 31.2. The van der Waals surface area contributed by atoms with Crippen LogP contribution in [0, 0.1) is 0 Å². The van der Waals surface area contributed by atoms with Gasteiger partial charge in [0.25, 0.3) is 0 Å². The molecule has 0 aromatic heterocycles. The molecule has 0 amide bonds. The number of benzene rings is 11. The molecule has 11 aromatic rings. The summed E-state index contributed by atoms with van der Waals surface area (Å²) < 4.78 is 6.94. The highest BCUT2D eigenvalue weighted by molar-refractivity contribution is 6.23. The number of hydrogen-bond acceptors (Lipinski definition) is 1. The van der Waals surface area contributed by atoms with Gasteiger partial charge in [0.15, 0.2) is 0 Å². The topological polar surface area (TPSA) is 9.23 Å². The lowest BCUT2D eigenvalue weighted by Crippen LogP contribution is -2.11. The Bertz CT molecular complexity index is 3460. The zero-order valence-electron chi connectivity index (χ0n) is 34.7. The second-order valence-electron chi connectivity index (χ2n) is 16.7. The Morgan fingerprint density at radius 2 is 0.730 bits per heavy atom. The summed E-state index contributed by atoms with van der Waals surface area (Å²) in [4.78, 5) is 0. The van der Waals surface area contributed by atoms with Crippen LogP contribution in [0.25, 0.3) is 88.0 Å². The molecule has 2 atom stereocenters. The van der Waals surface area contributed by atoms with Gasteiger partial charge in [-0.3, -0.25) is 0 Å². The number of rotatable bonds is 7. The summed E-state index contributed by atoms with van der Waals surface area (Å²) >= 11 is 0. The van der Waals surface area contributed by atoms with Gasteiger partial charge in [0.1, 0.15) is 11.9 Å². The minimum absolute atomic E-state index is 0.0995. The van der Waals surface area contributed by atoms with Crippen LogP contribution in [0.4, 0.5) is 0 Å². The van der Waals surface area contributed by atoms with Crippen LogP contribution in [0.2, 0.25) is 0 Å². The van der Waals surface area contributed by atoms with Crippen LogP contribution < -0.4 is 4.74 Å². The molecule has 0 saturated carbocycles. The molecule has 1 nitrogen and oxygen atoms in total. The number of ether oxygens (including phenoxy) is 1. The average Bonchev–Trinajstić information content (AvgIpc) is 3.75. The fourth-order valence-corrected chi connectivity index (χ4v) is 10.0. The highest BCUT2D eigenvalue weighted by Crippen LogP contribution is 2.51. The van der Waals surface area contributed by atoms with Crippen LogP contribution >= 0.6 is 0 Å². The Morgan fingerprint density at radius 1 is 0.270 bits per heavy atom. The zero-order chi connectivity index (χ0) is 41.7. The molecule has 1 aliphatic heterocycles. The average molecular weight is 803 g/mol. The van der Waals surface area contributed by atoms with Gasteiger partial charge in [-0.15, -0.1) is 0 Å². The van der Waals surface area contributed by atoms with E-state index in [1.165, 1.54) is 93.5 Å². The minimum atomic E-state index is -0.108. The first-order valence-electron chi connectivity index (χ1n) is 21.9. The lowest BCUT2D eigenvalue weighted by molar-refractivity contribution is 0.222. The molecular formula is C62H42O. The van der Waals surface area contributed by atoms with Gasteiger partial charge in [0, 0.05) is 5.56 Å². The van der Waals surface area contributed by atoms with E-state index in [9.17, 15) is 0 Å². The van der Waals surface area contributed by atoms with Gasteiger partial charge in [-0.05, 0) is 129 Å². The Labute approximate surface area is 368 Å². The Kier molecular flexibility index (Phi) is 9.04. The van der Waals surface area contributed by atoms with Crippen molar-refractivity contribution < 1.29 is 4.74 Å². The first kappa shape index (κ1) is 36.8. The summed E-state index contributed by atoms with van der Waals surface area (Å²) in [6.07, 6.45) is -0.108. The smallest absolute Gasteiger partial charge is 0.135 e. The highest BCUT2D eigenvalue weighted by atomic mass is 16.5. The Hall–Kier alpha value is -8.00. The summed E-state index contributed by atoms with van der Waals surface area (Å²) in [5.74, 6) is 1.04. The lowest BCUT2D eigenvalue weighted by atomic mass is 9.83. The maximum atomic E-state index is 6.94. The largest absolute Gasteiger partial charge is 0.484 e. The van der Waals surface area contributed by atoms with E-state index in [1.807, 2.05) is 0 Å². The van der Waals surface area contributed by atoms with Gasteiger partial charge in [-0.25, -0.2) is 0 Å². The Balaban J connectivity index is 1.07. The van der Waals surface area contributed by atoms with Crippen LogP contribution in [0.15, 0.2) is 243 Å². The van der Waals surface area contributed by atoms with Gasteiger partial charge in [-0.1, -0.05) is 212 Å². The van der Waals surface area contributed by atoms with Crippen LogP contribution in [0.3, 0.4) is 0 Å². The molecule has 12 rings (SSSR count). The van der Waals surface area contributed by atoms with Gasteiger partial charge < -0.3 is 4.74 Å². The van der Waals surface area contributed by atoms with Crippen molar-refractivity contribution in [3.05, 3.63) is 259 Å². The van der Waals surface area contributed by atoms with E-state index in [4.69, 9.17) is 4.74 Å². The summed E-state index contributed by atoms with van der Waals surface area (Å²) in [5.41, 5.74) is 15.6. The Morgan fingerprint density at radius 3 is 1.37 bits per heavy atom. The number of fused-ring (bicyclic) bond motifs is 4. The standard InChI is InChI=1S/C62H42O/c1-5-16-41(17-6-1)48-31-34-54-56(38-48)59(53-33-30-49(42-18-7-2-8-19-42)39-57(53)60(54)52-29-28-43-20-13-14-25-46(43)36-52)51-27-15-26-47(37-51)50-32-35-55-58(40-50)63-62(45-23-11-4-12-24-45)61(55)44-21-9-3-10-22-44/h1-40,61-62H. The van der Waals surface area contributed by atoms with E-state index in [2.05, 4.69) is 243 Å². The molecular weight excluding hydrogens is 761 g/mol. The summed E-state index contributed by atoms with van der Waals surface area (Å²) in [6, 6.07) is 88.6. The molecule has 0 N–H and O–H groups in total. The predicted molar refractivity (Wildman–Crippen MR) is 264 cm³/mol. The van der Waals surface area contributed by atoms with Gasteiger partial charge in [-0.2, -0.15) is 0 Å². The van der Waals surface area contributed by atoms with E-state index < -0.39 is 0 Å². The number of hydrogen-bond donors (Lipinski definition) is 0. The van der Waals surface area contributed by atoms with E-state index >= 15 is 0 Å². The van der Waals surface area contributed by atoms with E-state index in [-0.39, 0.29) is 12.0 Å². The van der Waals surface area contributed by atoms with E-state index in [0.29, 0.717) is 0 Å². The molecule has 11 aromatic carbocycles. The molecule has 0 aliphatic carbocycles. The monoisotopic (exact) mass is 802 g/mol. The molecule has 1 heteroatoms. The quantitative estimate of drug-likeness (QED) is 0.146. The molecule has 0 saturated heterocycles. The lowest BCUT2D eigenvalue weighted by Gasteiger charge is -2.20. The normalized spacial score (nSPS) is 14.5. The van der Waals surface area contributed by atoms with E-state index in [0.717, 1.165) is 16.9 Å². The van der Waals surface area contributed by atoms with Crippen molar-refractivity contribution in [3.8, 4) is 61.4 Å². The van der Waals surface area contributed by atoms with Gasteiger partial charge >= 0.3 is 0 Å². The van der Waals surface area contributed by atoms with Crippen molar-refractivity contribution in [1.82, 2.24) is 0 Å². The van der Waals surface area contributed by atoms with Crippen LogP contribution in [-0.4, -0.2) is 0 Å². The molecule has 0 spiro atoms. The molecule has 0 radical (unpaired) electrons. The highest BCUT2D eigenvalue weighted by Gasteiger charge is 2.36. The van der Waals surface area contributed by atoms with Crippen molar-refractivity contribution in [3.63, 3.8) is 0 Å². The fraction of sp³-hybridized carbons (Fsp3) is 0.0323. The summed E-state index contributed by atoms with van der Waals surface area (Å²) in [7, 11) is 0. The van der Waals surface area contributed by atoms with Crippen molar-refractivity contribution >= 4 is 32.3 Å². The van der Waals surface area contributed by atoms with Gasteiger partial charge in [0.05, 0.1) is 5.92 Å². The molecule has 0 bridgehead atoms. The van der Waals surface area contributed by atoms with E-state index in [1.54, 1.807) is 0 Å². The predicted octanol–water partition coefficient (Wildman–Crippen LogP) is 16.7. The second-order valence-corrected chi connectivity index (χ2v) is 16.7. The second kappa shape index (κ2) is 15.5. The van der Waals surface area contributed by atoms with Crippen molar-refractivity contribution in [2.24, 2.45) is 0 Å². The van der Waals surface area contributed by atoms with Crippen LogP contribution in [0.5, 0.6) is 5.75 Å². The minimum Gasteiger partial charge on any atom is -0.484 e. The molecule has 0 fully saturated rings. The molecule has 1 heterocycles. The first-order valence-corrected chi connectivity index (χ1v) is 21.9. The zero-order valence-corrected chi connectivity index (χ0v) is 34.7.